The smallest absolute Gasteiger partial charge is 0.103 e. The van der Waals surface area contributed by atoms with Crippen molar-refractivity contribution in [2.75, 3.05) is 13.1 Å². The van der Waals surface area contributed by atoms with Crippen LogP contribution >= 0.6 is 0 Å². The number of rotatable bonds is 1. The van der Waals surface area contributed by atoms with Crippen LogP contribution in [0.25, 0.3) is 0 Å². The summed E-state index contributed by atoms with van der Waals surface area (Å²) in [4.78, 5) is 2.27. The maximum Gasteiger partial charge on any atom is 0.103 e. The van der Waals surface area contributed by atoms with Crippen molar-refractivity contribution in [2.24, 2.45) is 0 Å². The topological polar surface area (TPSA) is 27.0 Å². The summed E-state index contributed by atoms with van der Waals surface area (Å²) >= 11 is 0. The van der Waals surface area contributed by atoms with Gasteiger partial charge in [0.2, 0.25) is 0 Å². The number of likely N-dealkylation sites (tertiary alicyclic amines) is 1. The number of piperidine rings is 1. The van der Waals surface area contributed by atoms with Crippen LogP contribution in [0, 0.1) is 11.3 Å². The molecule has 0 saturated carbocycles. The zero-order valence-corrected chi connectivity index (χ0v) is 7.43. The molecule has 2 heteroatoms. The molecule has 11 heavy (non-hydrogen) atoms. The number of hydrogen-bond acceptors (Lipinski definition) is 2. The molecule has 0 atom stereocenters. The van der Waals surface area contributed by atoms with Gasteiger partial charge in [0.05, 0.1) is 6.07 Å². The molecule has 0 aromatic heterocycles. The van der Waals surface area contributed by atoms with Crippen LogP contribution in [0.2, 0.25) is 0 Å². The largest absolute Gasteiger partial charge is 0.286 e. The van der Waals surface area contributed by atoms with E-state index in [4.69, 9.17) is 5.26 Å². The summed E-state index contributed by atoms with van der Waals surface area (Å²) in [6.45, 7) is 6.19. The number of nitriles is 1. The normalized spacial score (nSPS) is 21.2. The Kier molecular flexibility index (Phi) is 2.51. The fourth-order valence-corrected chi connectivity index (χ4v) is 1.52. The van der Waals surface area contributed by atoms with Crippen LogP contribution in [-0.2, 0) is 0 Å². The molecular weight excluding hydrogens is 136 g/mol. The Morgan fingerprint density at radius 2 is 1.73 bits per heavy atom. The summed E-state index contributed by atoms with van der Waals surface area (Å²) in [5, 5.41) is 8.85. The summed E-state index contributed by atoms with van der Waals surface area (Å²) in [6.07, 6.45) is 3.84. The van der Waals surface area contributed by atoms with Crippen LogP contribution in [-0.4, -0.2) is 23.5 Å². The van der Waals surface area contributed by atoms with Gasteiger partial charge in [0.25, 0.3) is 0 Å². The summed E-state index contributed by atoms with van der Waals surface area (Å²) in [7, 11) is 0. The van der Waals surface area contributed by atoms with E-state index < -0.39 is 0 Å². The van der Waals surface area contributed by atoms with Gasteiger partial charge in [0.15, 0.2) is 0 Å². The van der Waals surface area contributed by atoms with Crippen molar-refractivity contribution < 1.29 is 0 Å². The first kappa shape index (κ1) is 8.55. The molecule has 0 amide bonds. The Bertz CT molecular complexity index is 161. The third kappa shape index (κ3) is 1.94. The average Bonchev–Trinajstić information content (AvgIpc) is 2.06. The van der Waals surface area contributed by atoms with Gasteiger partial charge in [-0.1, -0.05) is 6.42 Å². The third-order valence-electron chi connectivity index (χ3n) is 2.42. The molecular formula is C9H16N2. The van der Waals surface area contributed by atoms with Crippen molar-refractivity contribution in [3.63, 3.8) is 0 Å². The Morgan fingerprint density at radius 3 is 2.18 bits per heavy atom. The highest BCUT2D eigenvalue weighted by atomic mass is 15.2. The van der Waals surface area contributed by atoms with Crippen molar-refractivity contribution in [2.45, 2.75) is 38.6 Å². The lowest BCUT2D eigenvalue weighted by Gasteiger charge is -2.35. The summed E-state index contributed by atoms with van der Waals surface area (Å²) < 4.78 is 0. The Balaban J connectivity index is 2.52. The third-order valence-corrected chi connectivity index (χ3v) is 2.42. The molecule has 0 unspecified atom stereocenters. The van der Waals surface area contributed by atoms with Crippen LogP contribution in [0.3, 0.4) is 0 Å². The first-order chi connectivity index (χ1) is 5.17. The van der Waals surface area contributed by atoms with E-state index >= 15 is 0 Å². The average molecular weight is 152 g/mol. The molecule has 0 aromatic carbocycles. The van der Waals surface area contributed by atoms with Crippen LogP contribution in [0.15, 0.2) is 0 Å². The summed E-state index contributed by atoms with van der Waals surface area (Å²) in [5.41, 5.74) is -0.250. The van der Waals surface area contributed by atoms with Crippen molar-refractivity contribution in [1.29, 1.82) is 5.26 Å². The van der Waals surface area contributed by atoms with E-state index in [-0.39, 0.29) is 5.54 Å². The zero-order valence-electron chi connectivity index (χ0n) is 7.43. The van der Waals surface area contributed by atoms with Crippen molar-refractivity contribution in [1.82, 2.24) is 4.90 Å². The van der Waals surface area contributed by atoms with Gasteiger partial charge in [-0.2, -0.15) is 5.26 Å². The highest BCUT2D eigenvalue weighted by Gasteiger charge is 2.26. The minimum absolute atomic E-state index is 0.250. The molecule has 1 aliphatic heterocycles. The second kappa shape index (κ2) is 3.23. The predicted molar refractivity (Wildman–Crippen MR) is 45.1 cm³/mol. The van der Waals surface area contributed by atoms with E-state index in [1.54, 1.807) is 0 Å². The van der Waals surface area contributed by atoms with Crippen LogP contribution in [0.4, 0.5) is 0 Å². The van der Waals surface area contributed by atoms with E-state index in [1.165, 1.54) is 19.3 Å². The summed E-state index contributed by atoms with van der Waals surface area (Å²) in [6, 6.07) is 2.34. The quantitative estimate of drug-likeness (QED) is 0.572. The molecule has 0 aliphatic carbocycles. The Morgan fingerprint density at radius 1 is 1.18 bits per heavy atom. The molecule has 62 valence electrons. The van der Waals surface area contributed by atoms with E-state index in [1.807, 2.05) is 13.8 Å². The zero-order chi connectivity index (χ0) is 8.32. The Hall–Kier alpha value is -0.550. The fraction of sp³-hybridized carbons (Fsp3) is 0.889. The molecule has 0 aromatic rings. The number of nitrogens with zero attached hydrogens (tertiary/aromatic N) is 2. The van der Waals surface area contributed by atoms with Crippen LogP contribution in [0.1, 0.15) is 33.1 Å². The van der Waals surface area contributed by atoms with Crippen molar-refractivity contribution in [3.8, 4) is 6.07 Å². The monoisotopic (exact) mass is 152 g/mol. The van der Waals surface area contributed by atoms with Gasteiger partial charge in [-0.3, -0.25) is 4.90 Å². The molecule has 1 fully saturated rings. The maximum atomic E-state index is 8.85. The second-order valence-corrected chi connectivity index (χ2v) is 3.72. The minimum atomic E-state index is -0.250. The molecule has 0 bridgehead atoms. The van der Waals surface area contributed by atoms with Crippen LogP contribution in [0.5, 0.6) is 0 Å². The SMILES string of the molecule is CC(C)(C#N)N1CCCCC1. The standard InChI is InChI=1S/C9H16N2/c1-9(2,8-10)11-6-4-3-5-7-11/h3-7H2,1-2H3. The lowest BCUT2D eigenvalue weighted by molar-refractivity contribution is 0.138. The van der Waals surface area contributed by atoms with Gasteiger partial charge < -0.3 is 0 Å². The van der Waals surface area contributed by atoms with Gasteiger partial charge in [0, 0.05) is 0 Å². The maximum absolute atomic E-state index is 8.85. The molecule has 1 heterocycles. The number of hydrogen-bond donors (Lipinski definition) is 0. The minimum Gasteiger partial charge on any atom is -0.286 e. The highest BCUT2D eigenvalue weighted by molar-refractivity contribution is 5.02. The van der Waals surface area contributed by atoms with E-state index in [9.17, 15) is 0 Å². The molecule has 0 N–H and O–H groups in total. The molecule has 1 rings (SSSR count). The van der Waals surface area contributed by atoms with Gasteiger partial charge in [-0.15, -0.1) is 0 Å². The van der Waals surface area contributed by atoms with E-state index in [2.05, 4.69) is 11.0 Å². The van der Waals surface area contributed by atoms with Gasteiger partial charge >= 0.3 is 0 Å². The molecule has 1 saturated heterocycles. The van der Waals surface area contributed by atoms with Gasteiger partial charge in [0.1, 0.15) is 5.54 Å². The first-order valence-electron chi connectivity index (χ1n) is 4.33. The van der Waals surface area contributed by atoms with Crippen LogP contribution < -0.4 is 0 Å². The first-order valence-corrected chi connectivity index (χ1v) is 4.33. The lowest BCUT2D eigenvalue weighted by Crippen LogP contribution is -2.45. The van der Waals surface area contributed by atoms with Gasteiger partial charge in [-0.25, -0.2) is 0 Å². The predicted octanol–water partition coefficient (Wildman–Crippen LogP) is 1.77. The van der Waals surface area contributed by atoms with Crippen molar-refractivity contribution >= 4 is 0 Å². The second-order valence-electron chi connectivity index (χ2n) is 3.72. The molecule has 1 aliphatic rings. The van der Waals surface area contributed by atoms with E-state index in [0.717, 1.165) is 13.1 Å². The molecule has 2 nitrogen and oxygen atoms in total. The summed E-state index contributed by atoms with van der Waals surface area (Å²) in [5.74, 6) is 0. The van der Waals surface area contributed by atoms with E-state index in [0.29, 0.717) is 0 Å². The van der Waals surface area contributed by atoms with Crippen molar-refractivity contribution in [3.05, 3.63) is 0 Å². The van der Waals surface area contributed by atoms with Gasteiger partial charge in [-0.05, 0) is 39.8 Å². The molecule has 0 spiro atoms. The molecule has 0 radical (unpaired) electrons. The highest BCUT2D eigenvalue weighted by Crippen LogP contribution is 2.19. The Labute approximate surface area is 68.8 Å². The lowest BCUT2D eigenvalue weighted by atomic mass is 10.0. The fourth-order valence-electron chi connectivity index (χ4n) is 1.52.